The number of nitrogens with one attached hydrogen (secondary N) is 1. The van der Waals surface area contributed by atoms with Crippen molar-refractivity contribution in [3.8, 4) is 0 Å². The number of nitrogens with zero attached hydrogens (tertiary/aromatic N) is 4. The summed E-state index contributed by atoms with van der Waals surface area (Å²) in [4.78, 5) is 25.2. The third-order valence-electron chi connectivity index (χ3n) is 5.02. The molecule has 3 aromatic rings. The van der Waals surface area contributed by atoms with Crippen molar-refractivity contribution < 1.29 is 15.0 Å². The maximum atomic E-state index is 12.6. The highest BCUT2D eigenvalue weighted by molar-refractivity contribution is 7.22. The minimum atomic E-state index is -1.00. The van der Waals surface area contributed by atoms with E-state index in [1.807, 2.05) is 24.0 Å². The number of hydrogen-bond donors (Lipinski definition) is 3. The number of anilines is 2. The van der Waals surface area contributed by atoms with Crippen LogP contribution in [0, 0.1) is 6.92 Å². The van der Waals surface area contributed by atoms with E-state index in [9.17, 15) is 9.90 Å². The monoisotopic (exact) mass is 447 g/mol. The summed E-state index contributed by atoms with van der Waals surface area (Å²) in [5.41, 5.74) is 2.50. The Morgan fingerprint density at radius 1 is 1.30 bits per heavy atom. The number of aryl methyl sites for hydroxylation is 1. The number of carbonyl (C=O) groups is 1. The van der Waals surface area contributed by atoms with Crippen LogP contribution in [0.25, 0.3) is 10.2 Å². The summed E-state index contributed by atoms with van der Waals surface area (Å²) < 4.78 is 1.05. The van der Waals surface area contributed by atoms with Crippen molar-refractivity contribution in [2.24, 2.45) is 0 Å². The van der Waals surface area contributed by atoms with E-state index in [1.54, 1.807) is 11.0 Å². The first kappa shape index (κ1) is 20.8. The van der Waals surface area contributed by atoms with Gasteiger partial charge >= 0.3 is 6.03 Å². The molecule has 0 radical (unpaired) electrons. The number of thiazole rings is 1. The summed E-state index contributed by atoms with van der Waals surface area (Å²) in [6.07, 6.45) is 0.506. The number of piperazine rings is 1. The Bertz CT molecular complexity index is 1070. The van der Waals surface area contributed by atoms with Gasteiger partial charge in [0, 0.05) is 37.9 Å². The van der Waals surface area contributed by atoms with E-state index < -0.39 is 6.10 Å². The number of fused-ring (bicyclic) bond motifs is 1. The van der Waals surface area contributed by atoms with Crippen LogP contribution >= 0.6 is 22.9 Å². The largest absolute Gasteiger partial charge is 0.393 e. The van der Waals surface area contributed by atoms with Gasteiger partial charge in [-0.05, 0) is 30.7 Å². The fraction of sp³-hybridized carbons (Fsp3) is 0.350. The zero-order chi connectivity index (χ0) is 21.3. The van der Waals surface area contributed by atoms with Crippen LogP contribution in [-0.2, 0) is 0 Å². The molecule has 1 atom stereocenters. The van der Waals surface area contributed by atoms with Crippen LogP contribution in [0.1, 0.15) is 17.2 Å². The van der Waals surface area contributed by atoms with Gasteiger partial charge in [-0.3, -0.25) is 5.32 Å². The third kappa shape index (κ3) is 4.34. The van der Waals surface area contributed by atoms with Crippen molar-refractivity contribution >= 4 is 50.1 Å². The number of pyridine rings is 1. The van der Waals surface area contributed by atoms with Crippen LogP contribution in [0.15, 0.2) is 30.5 Å². The van der Waals surface area contributed by atoms with E-state index in [-0.39, 0.29) is 12.6 Å². The second-order valence-corrected chi connectivity index (χ2v) is 8.60. The lowest BCUT2D eigenvalue weighted by molar-refractivity contribution is 0.0953. The molecule has 3 heterocycles. The van der Waals surface area contributed by atoms with Crippen LogP contribution in [0.4, 0.5) is 15.7 Å². The van der Waals surface area contributed by atoms with Crippen LogP contribution < -0.4 is 10.2 Å². The number of urea groups is 1. The quantitative estimate of drug-likeness (QED) is 0.568. The molecule has 3 N–H and O–H groups in total. The van der Waals surface area contributed by atoms with Crippen molar-refractivity contribution in [1.82, 2.24) is 14.9 Å². The number of carbonyl (C=O) groups excluding carboxylic acids is 1. The Morgan fingerprint density at radius 2 is 2.07 bits per heavy atom. The van der Waals surface area contributed by atoms with Crippen molar-refractivity contribution in [3.05, 3.63) is 46.6 Å². The van der Waals surface area contributed by atoms with E-state index in [0.29, 0.717) is 47.7 Å². The Morgan fingerprint density at radius 3 is 2.77 bits per heavy atom. The number of hydrogen-bond acceptors (Lipinski definition) is 7. The van der Waals surface area contributed by atoms with Gasteiger partial charge in [-0.15, -0.1) is 0 Å². The number of aliphatic hydroxyl groups excluding tert-OH is 2. The normalized spacial score (nSPS) is 15.5. The lowest BCUT2D eigenvalue weighted by atomic mass is 10.1. The predicted molar refractivity (Wildman–Crippen MR) is 118 cm³/mol. The summed E-state index contributed by atoms with van der Waals surface area (Å²) in [6.45, 7) is 3.85. The first-order chi connectivity index (χ1) is 14.4. The standard InChI is InChI=1S/C20H22ClN5O3S/c1-12-2-3-15-17(8-12)30-19(23-15)24-20(29)26-6-4-25(5-7-26)18-14(21)9-13(10-22-18)16(28)11-27/h2-3,8-10,16,27-28H,4-7,11H2,1H3,(H,23,24,29)/t16-/m1/s1. The molecule has 158 valence electrons. The molecule has 2 amide bonds. The molecule has 0 spiro atoms. The van der Waals surface area contributed by atoms with Crippen molar-refractivity contribution in [1.29, 1.82) is 0 Å². The molecule has 0 saturated carbocycles. The zero-order valence-corrected chi connectivity index (χ0v) is 17.9. The molecular formula is C20H22ClN5O3S. The molecule has 2 aromatic heterocycles. The van der Waals surface area contributed by atoms with Gasteiger partial charge in [0.2, 0.25) is 0 Å². The van der Waals surface area contributed by atoms with Crippen LogP contribution in [-0.4, -0.2) is 63.9 Å². The number of aromatic nitrogens is 2. The number of rotatable bonds is 4. The van der Waals surface area contributed by atoms with Crippen molar-refractivity contribution in [3.63, 3.8) is 0 Å². The Balaban J connectivity index is 1.37. The molecule has 0 unspecified atom stereocenters. The molecule has 4 rings (SSSR count). The molecule has 8 nitrogen and oxygen atoms in total. The van der Waals surface area contributed by atoms with Gasteiger partial charge in [-0.1, -0.05) is 29.0 Å². The Kier molecular flexibility index (Phi) is 6.05. The van der Waals surface area contributed by atoms with Gasteiger partial charge in [-0.25, -0.2) is 14.8 Å². The van der Waals surface area contributed by atoms with E-state index in [1.165, 1.54) is 17.5 Å². The second-order valence-electron chi connectivity index (χ2n) is 7.17. The van der Waals surface area contributed by atoms with Gasteiger partial charge in [-0.2, -0.15) is 0 Å². The molecular weight excluding hydrogens is 426 g/mol. The molecule has 10 heteroatoms. The van der Waals surface area contributed by atoms with Gasteiger partial charge < -0.3 is 20.0 Å². The SMILES string of the molecule is Cc1ccc2nc(NC(=O)N3CCN(c4ncc([C@H](O)CO)cc4Cl)CC3)sc2c1. The maximum absolute atomic E-state index is 12.6. The highest BCUT2D eigenvalue weighted by Gasteiger charge is 2.24. The van der Waals surface area contributed by atoms with E-state index >= 15 is 0 Å². The molecule has 30 heavy (non-hydrogen) atoms. The average molecular weight is 448 g/mol. The number of amides is 2. The van der Waals surface area contributed by atoms with E-state index in [2.05, 4.69) is 21.4 Å². The van der Waals surface area contributed by atoms with Crippen molar-refractivity contribution in [2.45, 2.75) is 13.0 Å². The number of benzene rings is 1. The molecule has 1 aliphatic heterocycles. The summed E-state index contributed by atoms with van der Waals surface area (Å²) >= 11 is 7.79. The molecule has 1 saturated heterocycles. The average Bonchev–Trinajstić information content (AvgIpc) is 3.14. The summed E-state index contributed by atoms with van der Waals surface area (Å²) in [5, 5.41) is 22.7. The van der Waals surface area contributed by atoms with Crippen LogP contribution in [0.2, 0.25) is 5.02 Å². The summed E-state index contributed by atoms with van der Waals surface area (Å²) in [6, 6.07) is 7.45. The second kappa shape index (κ2) is 8.73. The molecule has 1 aliphatic rings. The first-order valence-electron chi connectivity index (χ1n) is 9.57. The maximum Gasteiger partial charge on any atom is 0.323 e. The molecule has 0 bridgehead atoms. The fourth-order valence-electron chi connectivity index (χ4n) is 3.34. The minimum Gasteiger partial charge on any atom is -0.393 e. The predicted octanol–water partition coefficient (Wildman–Crippen LogP) is 3.03. The smallest absolute Gasteiger partial charge is 0.323 e. The summed E-state index contributed by atoms with van der Waals surface area (Å²) in [7, 11) is 0. The zero-order valence-electron chi connectivity index (χ0n) is 16.4. The Hall–Kier alpha value is -2.46. The summed E-state index contributed by atoms with van der Waals surface area (Å²) in [5.74, 6) is 0.604. The van der Waals surface area contributed by atoms with Crippen molar-refractivity contribution in [2.75, 3.05) is 43.0 Å². The lowest BCUT2D eigenvalue weighted by Crippen LogP contribution is -2.50. The third-order valence-corrected chi connectivity index (χ3v) is 6.24. The van der Waals surface area contributed by atoms with Gasteiger partial charge in [0.1, 0.15) is 11.9 Å². The molecule has 1 fully saturated rings. The topological polar surface area (TPSA) is 102 Å². The minimum absolute atomic E-state index is 0.175. The van der Waals surface area contributed by atoms with Gasteiger partial charge in [0.25, 0.3) is 0 Å². The highest BCUT2D eigenvalue weighted by atomic mass is 35.5. The Labute approximate surface area is 182 Å². The number of halogens is 1. The number of aliphatic hydroxyl groups is 2. The van der Waals surface area contributed by atoms with E-state index in [4.69, 9.17) is 16.7 Å². The van der Waals surface area contributed by atoms with Crippen LogP contribution in [0.3, 0.4) is 0 Å². The van der Waals surface area contributed by atoms with Crippen LogP contribution in [0.5, 0.6) is 0 Å². The molecule has 0 aliphatic carbocycles. The molecule has 1 aromatic carbocycles. The van der Waals surface area contributed by atoms with Gasteiger partial charge in [0.15, 0.2) is 5.13 Å². The van der Waals surface area contributed by atoms with E-state index in [0.717, 1.165) is 15.8 Å². The lowest BCUT2D eigenvalue weighted by Gasteiger charge is -2.35. The van der Waals surface area contributed by atoms with Gasteiger partial charge in [0.05, 0.1) is 21.8 Å². The fourth-order valence-corrected chi connectivity index (χ4v) is 4.59. The highest BCUT2D eigenvalue weighted by Crippen LogP contribution is 2.28. The first-order valence-corrected chi connectivity index (χ1v) is 10.8.